The Bertz CT molecular complexity index is 878. The average molecular weight is 360 g/mol. The van der Waals surface area contributed by atoms with Crippen molar-refractivity contribution in [3.63, 3.8) is 0 Å². The Labute approximate surface area is 158 Å². The molecule has 3 rings (SSSR count). The highest BCUT2D eigenvalue weighted by molar-refractivity contribution is 5.96. The van der Waals surface area contributed by atoms with E-state index in [2.05, 4.69) is 10.6 Å². The highest BCUT2D eigenvalue weighted by atomic mass is 16.5. The van der Waals surface area contributed by atoms with E-state index in [1.807, 2.05) is 48.5 Å². The lowest BCUT2D eigenvalue weighted by atomic mass is 10.2. The van der Waals surface area contributed by atoms with Gasteiger partial charge in [0.05, 0.1) is 0 Å². The van der Waals surface area contributed by atoms with Crippen LogP contribution in [0.25, 0.3) is 0 Å². The zero-order valence-electron chi connectivity index (χ0n) is 14.7. The second-order valence-electron chi connectivity index (χ2n) is 5.90. The molecule has 0 unspecified atom stereocenters. The van der Waals surface area contributed by atoms with Gasteiger partial charge in [0.2, 0.25) is 11.8 Å². The minimum absolute atomic E-state index is 0.112. The summed E-state index contributed by atoms with van der Waals surface area (Å²) >= 11 is 0. The normalized spacial score (nSPS) is 10.1. The lowest BCUT2D eigenvalue weighted by Crippen LogP contribution is -2.17. The molecule has 5 nitrogen and oxygen atoms in total. The summed E-state index contributed by atoms with van der Waals surface area (Å²) in [4.78, 5) is 23.9. The van der Waals surface area contributed by atoms with Gasteiger partial charge in [0, 0.05) is 24.2 Å². The van der Waals surface area contributed by atoms with Gasteiger partial charge in [-0.1, -0.05) is 36.4 Å². The molecule has 0 saturated heterocycles. The molecule has 136 valence electrons. The Morgan fingerprint density at radius 3 is 1.59 bits per heavy atom. The van der Waals surface area contributed by atoms with Gasteiger partial charge in [-0.2, -0.15) is 0 Å². The van der Waals surface area contributed by atoms with Gasteiger partial charge < -0.3 is 15.4 Å². The topological polar surface area (TPSA) is 67.4 Å². The number of rotatable bonds is 7. The number of nitrogens with one attached hydrogen (secondary N) is 2. The minimum atomic E-state index is -0.213. The fraction of sp³-hybridized carbons (Fsp3) is 0.0909. The molecule has 5 heteroatoms. The summed E-state index contributed by atoms with van der Waals surface area (Å²) in [5.41, 5.74) is 1.38. The van der Waals surface area contributed by atoms with Gasteiger partial charge in [-0.25, -0.2) is 0 Å². The summed E-state index contributed by atoms with van der Waals surface area (Å²) in [6.45, 7) is 0. The van der Waals surface area contributed by atoms with Gasteiger partial charge in [-0.05, 0) is 48.5 Å². The number of benzene rings is 3. The zero-order valence-corrected chi connectivity index (χ0v) is 14.7. The predicted molar refractivity (Wildman–Crippen MR) is 106 cm³/mol. The van der Waals surface area contributed by atoms with E-state index in [4.69, 9.17) is 4.74 Å². The molecule has 0 heterocycles. The molecule has 0 aromatic heterocycles. The van der Waals surface area contributed by atoms with Gasteiger partial charge in [0.15, 0.2) is 0 Å². The van der Waals surface area contributed by atoms with Crippen LogP contribution in [-0.4, -0.2) is 11.8 Å². The fourth-order valence-electron chi connectivity index (χ4n) is 2.43. The molecule has 27 heavy (non-hydrogen) atoms. The maximum absolute atomic E-state index is 12.0. The molecule has 0 bridgehead atoms. The number of amides is 2. The summed E-state index contributed by atoms with van der Waals surface area (Å²) in [7, 11) is 0. The molecule has 0 aliphatic carbocycles. The molecule has 0 saturated carbocycles. The number of para-hydroxylation sites is 2. The Morgan fingerprint density at radius 1 is 0.593 bits per heavy atom. The second kappa shape index (κ2) is 9.20. The van der Waals surface area contributed by atoms with Gasteiger partial charge >= 0.3 is 0 Å². The first-order valence-corrected chi connectivity index (χ1v) is 8.67. The second-order valence-corrected chi connectivity index (χ2v) is 5.90. The first-order chi connectivity index (χ1) is 13.2. The third-order valence-electron chi connectivity index (χ3n) is 3.75. The number of carbonyl (C=O) groups excluding carboxylic acids is 2. The van der Waals surface area contributed by atoms with Crippen LogP contribution in [0.3, 0.4) is 0 Å². The van der Waals surface area contributed by atoms with Crippen LogP contribution in [0.15, 0.2) is 84.9 Å². The van der Waals surface area contributed by atoms with Crippen LogP contribution in [0, 0.1) is 0 Å². The fourth-order valence-corrected chi connectivity index (χ4v) is 2.43. The molecular weight excluding hydrogens is 340 g/mol. The van der Waals surface area contributed by atoms with E-state index in [9.17, 15) is 9.59 Å². The smallest absolute Gasteiger partial charge is 0.224 e. The standard InChI is InChI=1S/C22H20N2O3/c25-21(23-17-7-3-1-4-8-17)15-16-22(26)24-18-11-13-20(14-12-18)27-19-9-5-2-6-10-19/h1-14H,15-16H2,(H,23,25)(H,24,26). The molecule has 0 radical (unpaired) electrons. The van der Waals surface area contributed by atoms with Crippen molar-refractivity contribution in [3.05, 3.63) is 84.9 Å². The molecule has 3 aromatic rings. The van der Waals surface area contributed by atoms with Crippen LogP contribution >= 0.6 is 0 Å². The van der Waals surface area contributed by atoms with E-state index < -0.39 is 0 Å². The number of hydrogen-bond acceptors (Lipinski definition) is 3. The summed E-state index contributed by atoms with van der Waals surface area (Å²) in [5.74, 6) is 1.03. The largest absolute Gasteiger partial charge is 0.457 e. The third kappa shape index (κ3) is 6.01. The van der Waals surface area contributed by atoms with Crippen LogP contribution < -0.4 is 15.4 Å². The zero-order chi connectivity index (χ0) is 18.9. The molecule has 0 aliphatic heterocycles. The van der Waals surface area contributed by atoms with Gasteiger partial charge in [0.1, 0.15) is 11.5 Å². The van der Waals surface area contributed by atoms with Crippen LogP contribution in [0.2, 0.25) is 0 Å². The number of anilines is 2. The minimum Gasteiger partial charge on any atom is -0.457 e. The SMILES string of the molecule is O=C(CCC(=O)Nc1ccc(Oc2ccccc2)cc1)Nc1ccccc1. The van der Waals surface area contributed by atoms with E-state index in [0.29, 0.717) is 11.4 Å². The monoisotopic (exact) mass is 360 g/mol. The summed E-state index contributed by atoms with van der Waals surface area (Å²) in [6.07, 6.45) is 0.233. The van der Waals surface area contributed by atoms with E-state index in [1.165, 1.54) is 0 Å². The van der Waals surface area contributed by atoms with Gasteiger partial charge in [-0.3, -0.25) is 9.59 Å². The van der Waals surface area contributed by atoms with Gasteiger partial charge in [-0.15, -0.1) is 0 Å². The number of carbonyl (C=O) groups is 2. The van der Waals surface area contributed by atoms with Crippen LogP contribution in [0.1, 0.15) is 12.8 Å². The summed E-state index contributed by atoms with van der Waals surface area (Å²) in [5, 5.41) is 5.53. The first kappa shape index (κ1) is 18.2. The van der Waals surface area contributed by atoms with Crippen LogP contribution in [0.4, 0.5) is 11.4 Å². The van der Waals surface area contributed by atoms with Crippen molar-refractivity contribution in [2.75, 3.05) is 10.6 Å². The van der Waals surface area contributed by atoms with Crippen molar-refractivity contribution >= 4 is 23.2 Å². The van der Waals surface area contributed by atoms with Crippen LogP contribution in [-0.2, 0) is 9.59 Å². The Hall–Kier alpha value is -3.60. The van der Waals surface area contributed by atoms with E-state index in [0.717, 1.165) is 11.4 Å². The summed E-state index contributed by atoms with van der Waals surface area (Å²) < 4.78 is 5.71. The predicted octanol–water partition coefficient (Wildman–Crippen LogP) is 4.84. The molecule has 0 atom stereocenters. The molecule has 0 fully saturated rings. The molecule has 0 aliphatic rings. The van der Waals surface area contributed by atoms with E-state index in [-0.39, 0.29) is 24.7 Å². The van der Waals surface area contributed by atoms with Crippen molar-refractivity contribution < 1.29 is 14.3 Å². The Morgan fingerprint density at radius 2 is 1.04 bits per heavy atom. The van der Waals surface area contributed by atoms with E-state index >= 15 is 0 Å². The summed E-state index contributed by atoms with van der Waals surface area (Å²) in [6, 6.07) is 25.7. The van der Waals surface area contributed by atoms with Crippen molar-refractivity contribution in [1.29, 1.82) is 0 Å². The van der Waals surface area contributed by atoms with Crippen molar-refractivity contribution in [2.45, 2.75) is 12.8 Å². The van der Waals surface area contributed by atoms with Crippen molar-refractivity contribution in [3.8, 4) is 11.5 Å². The molecule has 2 N–H and O–H groups in total. The van der Waals surface area contributed by atoms with E-state index in [1.54, 1.807) is 36.4 Å². The molecular formula is C22H20N2O3. The van der Waals surface area contributed by atoms with Crippen molar-refractivity contribution in [2.24, 2.45) is 0 Å². The highest BCUT2D eigenvalue weighted by Crippen LogP contribution is 2.22. The molecule has 0 spiro atoms. The lowest BCUT2D eigenvalue weighted by Gasteiger charge is -2.08. The maximum atomic E-state index is 12.0. The average Bonchev–Trinajstić information content (AvgIpc) is 2.70. The number of hydrogen-bond donors (Lipinski definition) is 2. The highest BCUT2D eigenvalue weighted by Gasteiger charge is 2.08. The number of ether oxygens (including phenoxy) is 1. The Kier molecular flexibility index (Phi) is 6.20. The quantitative estimate of drug-likeness (QED) is 0.634. The maximum Gasteiger partial charge on any atom is 0.224 e. The lowest BCUT2D eigenvalue weighted by molar-refractivity contribution is -0.121. The Balaban J connectivity index is 1.44. The first-order valence-electron chi connectivity index (χ1n) is 8.67. The van der Waals surface area contributed by atoms with Crippen molar-refractivity contribution in [1.82, 2.24) is 0 Å². The van der Waals surface area contributed by atoms with Crippen LogP contribution in [0.5, 0.6) is 11.5 Å². The molecule has 2 amide bonds. The third-order valence-corrected chi connectivity index (χ3v) is 3.75. The van der Waals surface area contributed by atoms with Gasteiger partial charge in [0.25, 0.3) is 0 Å². The molecule has 3 aromatic carbocycles.